The number of hydrogen-bond acceptors (Lipinski definition) is 2. The van der Waals surface area contributed by atoms with Gasteiger partial charge in [0.1, 0.15) is 0 Å². The SMILES string of the molecule is Cc1ccccc1-c1cccc(CC2(C(=O)N(C)C)CCN(C(=O)CC(C)C)CC2)c1. The maximum atomic E-state index is 13.3. The van der Waals surface area contributed by atoms with Gasteiger partial charge in [0.25, 0.3) is 0 Å². The smallest absolute Gasteiger partial charge is 0.228 e. The molecule has 1 saturated heterocycles. The highest BCUT2D eigenvalue weighted by Crippen LogP contribution is 2.38. The lowest BCUT2D eigenvalue weighted by atomic mass is 9.72. The predicted octanol–water partition coefficient (Wildman–Crippen LogP) is 4.95. The van der Waals surface area contributed by atoms with Gasteiger partial charge in [0.05, 0.1) is 5.41 Å². The van der Waals surface area contributed by atoms with E-state index in [0.29, 0.717) is 44.7 Å². The average molecular weight is 421 g/mol. The van der Waals surface area contributed by atoms with Crippen LogP contribution in [0.5, 0.6) is 0 Å². The van der Waals surface area contributed by atoms with Crippen molar-refractivity contribution in [2.24, 2.45) is 11.3 Å². The summed E-state index contributed by atoms with van der Waals surface area (Å²) in [7, 11) is 3.67. The fourth-order valence-electron chi connectivity index (χ4n) is 4.74. The Kier molecular flexibility index (Phi) is 7.19. The van der Waals surface area contributed by atoms with Gasteiger partial charge in [-0.15, -0.1) is 0 Å². The molecule has 0 N–H and O–H groups in total. The summed E-state index contributed by atoms with van der Waals surface area (Å²) in [5.41, 5.74) is 4.38. The number of rotatable bonds is 6. The van der Waals surface area contributed by atoms with Crippen molar-refractivity contribution < 1.29 is 9.59 Å². The van der Waals surface area contributed by atoms with Crippen molar-refractivity contribution in [1.29, 1.82) is 0 Å². The van der Waals surface area contributed by atoms with E-state index in [-0.39, 0.29) is 11.8 Å². The molecule has 2 aromatic carbocycles. The first-order chi connectivity index (χ1) is 14.7. The van der Waals surface area contributed by atoms with Gasteiger partial charge in [-0.05, 0) is 54.4 Å². The van der Waals surface area contributed by atoms with Gasteiger partial charge in [0.2, 0.25) is 11.8 Å². The highest BCUT2D eigenvalue weighted by molar-refractivity contribution is 5.84. The number of nitrogens with zero attached hydrogens (tertiary/aromatic N) is 2. The summed E-state index contributed by atoms with van der Waals surface area (Å²) < 4.78 is 0. The lowest BCUT2D eigenvalue weighted by Gasteiger charge is -2.42. The Balaban J connectivity index is 1.84. The molecule has 3 rings (SSSR count). The maximum absolute atomic E-state index is 13.3. The van der Waals surface area contributed by atoms with Crippen LogP contribution in [0.1, 0.15) is 44.2 Å². The molecular formula is C27H36N2O2. The van der Waals surface area contributed by atoms with Crippen LogP contribution in [0.3, 0.4) is 0 Å². The quantitative estimate of drug-likeness (QED) is 0.664. The lowest BCUT2D eigenvalue weighted by molar-refractivity contribution is -0.146. The molecule has 4 nitrogen and oxygen atoms in total. The Morgan fingerprint density at radius 1 is 1.03 bits per heavy atom. The van der Waals surface area contributed by atoms with E-state index in [1.165, 1.54) is 22.3 Å². The van der Waals surface area contributed by atoms with Crippen molar-refractivity contribution >= 4 is 11.8 Å². The van der Waals surface area contributed by atoms with Crippen molar-refractivity contribution in [2.45, 2.75) is 46.5 Å². The van der Waals surface area contributed by atoms with Crippen LogP contribution in [0, 0.1) is 18.3 Å². The number of aryl methyl sites for hydroxylation is 1. The topological polar surface area (TPSA) is 40.6 Å². The van der Waals surface area contributed by atoms with E-state index in [9.17, 15) is 9.59 Å². The van der Waals surface area contributed by atoms with Gasteiger partial charge in [-0.3, -0.25) is 9.59 Å². The van der Waals surface area contributed by atoms with Gasteiger partial charge in [0, 0.05) is 33.6 Å². The van der Waals surface area contributed by atoms with E-state index in [1.54, 1.807) is 4.90 Å². The summed E-state index contributed by atoms with van der Waals surface area (Å²) in [5, 5.41) is 0. The van der Waals surface area contributed by atoms with E-state index in [0.717, 1.165) is 0 Å². The summed E-state index contributed by atoms with van der Waals surface area (Å²) in [6, 6.07) is 17.0. The molecule has 31 heavy (non-hydrogen) atoms. The lowest BCUT2D eigenvalue weighted by Crippen LogP contribution is -2.51. The Bertz CT molecular complexity index is 924. The first kappa shape index (κ1) is 23.1. The second-order valence-corrected chi connectivity index (χ2v) is 9.65. The number of likely N-dealkylation sites (tertiary alicyclic amines) is 1. The van der Waals surface area contributed by atoms with Gasteiger partial charge in [0.15, 0.2) is 0 Å². The molecule has 0 radical (unpaired) electrons. The normalized spacial score (nSPS) is 15.7. The second-order valence-electron chi connectivity index (χ2n) is 9.65. The van der Waals surface area contributed by atoms with E-state index in [2.05, 4.69) is 69.3 Å². The molecule has 2 aromatic rings. The molecule has 166 valence electrons. The van der Waals surface area contributed by atoms with E-state index >= 15 is 0 Å². The zero-order valence-electron chi connectivity index (χ0n) is 19.6. The fourth-order valence-corrected chi connectivity index (χ4v) is 4.74. The highest BCUT2D eigenvalue weighted by atomic mass is 16.2. The number of hydrogen-bond donors (Lipinski definition) is 0. The molecule has 2 amide bonds. The van der Waals surface area contributed by atoms with E-state index < -0.39 is 5.41 Å². The summed E-state index contributed by atoms with van der Waals surface area (Å²) in [5.74, 6) is 0.735. The van der Waals surface area contributed by atoms with Crippen molar-refractivity contribution in [3.8, 4) is 11.1 Å². The van der Waals surface area contributed by atoms with E-state index in [1.807, 2.05) is 19.0 Å². The molecule has 0 aliphatic carbocycles. The molecule has 0 bridgehead atoms. The number of carbonyl (C=O) groups excluding carboxylic acids is 2. The third-order valence-corrected chi connectivity index (χ3v) is 6.44. The van der Waals surface area contributed by atoms with Gasteiger partial charge in [-0.2, -0.15) is 0 Å². The molecule has 0 unspecified atom stereocenters. The average Bonchev–Trinajstić information content (AvgIpc) is 2.73. The van der Waals surface area contributed by atoms with Gasteiger partial charge < -0.3 is 9.80 Å². The van der Waals surface area contributed by atoms with Gasteiger partial charge >= 0.3 is 0 Å². The first-order valence-electron chi connectivity index (χ1n) is 11.4. The molecule has 0 aromatic heterocycles. The minimum absolute atomic E-state index is 0.171. The molecule has 1 aliphatic rings. The Morgan fingerprint density at radius 2 is 1.71 bits per heavy atom. The molecule has 0 saturated carbocycles. The molecule has 1 aliphatic heterocycles. The summed E-state index contributed by atoms with van der Waals surface area (Å²) in [6.45, 7) is 7.58. The molecular weight excluding hydrogens is 384 g/mol. The third kappa shape index (κ3) is 5.36. The van der Waals surface area contributed by atoms with Crippen LogP contribution in [-0.2, 0) is 16.0 Å². The molecule has 1 fully saturated rings. The van der Waals surface area contributed by atoms with Crippen LogP contribution in [0.15, 0.2) is 48.5 Å². The van der Waals surface area contributed by atoms with Gasteiger partial charge in [-0.1, -0.05) is 62.4 Å². The van der Waals surface area contributed by atoms with Crippen LogP contribution < -0.4 is 0 Å². The van der Waals surface area contributed by atoms with Crippen LogP contribution in [0.4, 0.5) is 0 Å². The third-order valence-electron chi connectivity index (χ3n) is 6.44. The molecule has 4 heteroatoms. The largest absolute Gasteiger partial charge is 0.348 e. The minimum atomic E-state index is -0.456. The maximum Gasteiger partial charge on any atom is 0.228 e. The predicted molar refractivity (Wildman–Crippen MR) is 127 cm³/mol. The van der Waals surface area contributed by atoms with Gasteiger partial charge in [-0.25, -0.2) is 0 Å². The molecule has 0 spiro atoms. The van der Waals surface area contributed by atoms with E-state index in [4.69, 9.17) is 0 Å². The summed E-state index contributed by atoms with van der Waals surface area (Å²) in [6.07, 6.45) is 2.70. The first-order valence-corrected chi connectivity index (χ1v) is 11.4. The second kappa shape index (κ2) is 9.67. The number of carbonyl (C=O) groups is 2. The van der Waals surface area contributed by atoms with Crippen molar-refractivity contribution in [2.75, 3.05) is 27.2 Å². The fraction of sp³-hybridized carbons (Fsp3) is 0.481. The summed E-state index contributed by atoms with van der Waals surface area (Å²) in [4.78, 5) is 29.5. The zero-order valence-corrected chi connectivity index (χ0v) is 19.6. The van der Waals surface area contributed by atoms with Crippen LogP contribution in [0.2, 0.25) is 0 Å². The molecule has 1 heterocycles. The zero-order chi connectivity index (χ0) is 22.6. The molecule has 0 atom stereocenters. The Hall–Kier alpha value is -2.62. The number of piperidine rings is 1. The van der Waals surface area contributed by atoms with Crippen molar-refractivity contribution in [1.82, 2.24) is 9.80 Å². The number of benzene rings is 2. The monoisotopic (exact) mass is 420 g/mol. The van der Waals surface area contributed by atoms with Crippen LogP contribution in [-0.4, -0.2) is 48.8 Å². The van der Waals surface area contributed by atoms with Crippen LogP contribution >= 0.6 is 0 Å². The Morgan fingerprint density at radius 3 is 2.32 bits per heavy atom. The van der Waals surface area contributed by atoms with Crippen LogP contribution in [0.25, 0.3) is 11.1 Å². The summed E-state index contributed by atoms with van der Waals surface area (Å²) >= 11 is 0. The number of amides is 2. The standard InChI is InChI=1S/C27H36N2O2/c1-20(2)17-25(30)29-15-13-27(14-16-29,26(31)28(4)5)19-22-10-8-11-23(18-22)24-12-7-6-9-21(24)3/h6-12,18,20H,13-17,19H2,1-5H3. The Labute approximate surface area is 187 Å². The minimum Gasteiger partial charge on any atom is -0.348 e. The highest BCUT2D eigenvalue weighted by Gasteiger charge is 2.43. The van der Waals surface area contributed by atoms with Crippen molar-refractivity contribution in [3.05, 3.63) is 59.7 Å². The van der Waals surface area contributed by atoms with Crippen molar-refractivity contribution in [3.63, 3.8) is 0 Å².